The molecule has 0 bridgehead atoms. The Morgan fingerprint density at radius 2 is 2.00 bits per heavy atom. The summed E-state index contributed by atoms with van der Waals surface area (Å²) < 4.78 is 18.3. The van der Waals surface area contributed by atoms with Gasteiger partial charge in [-0.3, -0.25) is 9.78 Å². The van der Waals surface area contributed by atoms with E-state index < -0.39 is 17.9 Å². The molecule has 0 radical (unpaired) electrons. The Labute approximate surface area is 115 Å². The van der Waals surface area contributed by atoms with Crippen LogP contribution >= 0.6 is 0 Å². The minimum atomic E-state index is -0.813. The van der Waals surface area contributed by atoms with Crippen molar-refractivity contribution in [2.24, 2.45) is 0 Å². The molecule has 0 fully saturated rings. The highest BCUT2D eigenvalue weighted by Gasteiger charge is 2.18. The number of aromatic nitrogens is 1. The zero-order chi connectivity index (χ0) is 14.9. The number of ketones is 1. The number of hydrogen-bond donors (Lipinski definition) is 0. The Morgan fingerprint density at radius 3 is 2.65 bits per heavy atom. The number of nitrogens with zero attached hydrogens (tertiary/aromatic N) is 1. The number of halogens is 1. The summed E-state index contributed by atoms with van der Waals surface area (Å²) in [5.74, 6) is -1.28. The Hall–Kier alpha value is -2.30. The number of carbonyl (C=O) groups is 2. The molecular weight excluding hydrogens is 261 g/mol. The predicted molar refractivity (Wildman–Crippen MR) is 72.0 cm³/mol. The predicted octanol–water partition coefficient (Wildman–Crippen LogP) is 2.82. The number of fused-ring (bicyclic) bond motifs is 1. The van der Waals surface area contributed by atoms with Gasteiger partial charge in [0.1, 0.15) is 5.82 Å². The first-order valence-corrected chi connectivity index (χ1v) is 6.17. The number of ether oxygens (including phenoxy) is 1. The van der Waals surface area contributed by atoms with Crippen LogP contribution in [-0.2, 0) is 9.53 Å². The lowest BCUT2D eigenvalue weighted by Crippen LogP contribution is -2.22. The molecule has 4 nitrogen and oxygen atoms in total. The van der Waals surface area contributed by atoms with Crippen LogP contribution < -0.4 is 0 Å². The van der Waals surface area contributed by atoms with E-state index in [4.69, 9.17) is 4.74 Å². The zero-order valence-electron chi connectivity index (χ0n) is 11.4. The van der Waals surface area contributed by atoms with E-state index in [2.05, 4.69) is 4.98 Å². The number of aryl methyl sites for hydroxylation is 1. The molecule has 0 saturated carbocycles. The molecule has 2 rings (SSSR count). The summed E-state index contributed by atoms with van der Waals surface area (Å²) in [5, 5.41) is 0.498. The molecule has 2 aromatic rings. The largest absolute Gasteiger partial charge is 0.451 e. The van der Waals surface area contributed by atoms with Crippen LogP contribution in [0.4, 0.5) is 4.39 Å². The molecule has 0 amide bonds. The topological polar surface area (TPSA) is 56.3 Å². The van der Waals surface area contributed by atoms with Crippen LogP contribution in [0, 0.1) is 12.7 Å². The lowest BCUT2D eigenvalue weighted by molar-refractivity contribution is -0.124. The highest BCUT2D eigenvalue weighted by molar-refractivity contribution is 6.04. The number of esters is 1. The number of pyridine rings is 1. The van der Waals surface area contributed by atoms with Crippen molar-refractivity contribution in [3.8, 4) is 0 Å². The van der Waals surface area contributed by atoms with Gasteiger partial charge in [0.15, 0.2) is 11.9 Å². The molecule has 0 spiro atoms. The van der Waals surface area contributed by atoms with E-state index in [1.165, 1.54) is 32.0 Å². The van der Waals surface area contributed by atoms with Gasteiger partial charge in [-0.2, -0.15) is 0 Å². The smallest absolute Gasteiger partial charge is 0.339 e. The van der Waals surface area contributed by atoms with Gasteiger partial charge >= 0.3 is 5.97 Å². The lowest BCUT2D eigenvalue weighted by Gasteiger charge is -2.12. The first kappa shape index (κ1) is 14.1. The fourth-order valence-electron chi connectivity index (χ4n) is 1.81. The highest BCUT2D eigenvalue weighted by Crippen LogP contribution is 2.20. The summed E-state index contributed by atoms with van der Waals surface area (Å²) in [4.78, 5) is 27.4. The van der Waals surface area contributed by atoms with Gasteiger partial charge in [0.05, 0.1) is 11.1 Å². The molecule has 1 unspecified atom stereocenters. The summed E-state index contributed by atoms with van der Waals surface area (Å²) in [7, 11) is 0. The molecule has 1 heterocycles. The molecule has 20 heavy (non-hydrogen) atoms. The normalized spacial score (nSPS) is 12.2. The Kier molecular flexibility index (Phi) is 3.79. The van der Waals surface area contributed by atoms with E-state index in [1.807, 2.05) is 0 Å². The SMILES string of the molecule is CC(=O)C(C)OC(=O)c1cc(C)nc2cc(F)ccc12. The Bertz CT molecular complexity index is 692. The molecule has 0 aliphatic heterocycles. The number of carbonyl (C=O) groups excluding carboxylic acids is 2. The first-order chi connectivity index (χ1) is 9.38. The second kappa shape index (κ2) is 5.36. The van der Waals surface area contributed by atoms with Crippen LogP contribution in [-0.4, -0.2) is 22.8 Å². The fourth-order valence-corrected chi connectivity index (χ4v) is 1.81. The van der Waals surface area contributed by atoms with E-state index in [9.17, 15) is 14.0 Å². The Morgan fingerprint density at radius 1 is 1.30 bits per heavy atom. The summed E-state index contributed by atoms with van der Waals surface area (Å²) >= 11 is 0. The number of Topliss-reactive ketones (excluding diaryl/α,β-unsaturated/α-hetero) is 1. The zero-order valence-corrected chi connectivity index (χ0v) is 11.4. The van der Waals surface area contributed by atoms with E-state index in [0.29, 0.717) is 16.6 Å². The molecule has 104 valence electrons. The van der Waals surface area contributed by atoms with Gasteiger partial charge in [-0.1, -0.05) is 0 Å². The number of benzene rings is 1. The van der Waals surface area contributed by atoms with Crippen LogP contribution in [0.1, 0.15) is 29.9 Å². The van der Waals surface area contributed by atoms with Crippen molar-refractivity contribution in [2.75, 3.05) is 0 Å². The molecule has 1 aromatic carbocycles. The molecule has 1 atom stereocenters. The maximum atomic E-state index is 13.2. The monoisotopic (exact) mass is 275 g/mol. The second-order valence-electron chi connectivity index (χ2n) is 4.63. The van der Waals surface area contributed by atoms with Crippen molar-refractivity contribution < 1.29 is 18.7 Å². The molecule has 1 aromatic heterocycles. The molecule has 0 saturated heterocycles. The molecule has 0 aliphatic rings. The van der Waals surface area contributed by atoms with Crippen LogP contribution in [0.2, 0.25) is 0 Å². The van der Waals surface area contributed by atoms with Crippen molar-refractivity contribution in [1.82, 2.24) is 4.98 Å². The van der Waals surface area contributed by atoms with Gasteiger partial charge in [-0.25, -0.2) is 9.18 Å². The minimum absolute atomic E-state index is 0.237. The van der Waals surface area contributed by atoms with Gasteiger partial charge in [0, 0.05) is 17.1 Å². The summed E-state index contributed by atoms with van der Waals surface area (Å²) in [6.07, 6.45) is -0.813. The van der Waals surface area contributed by atoms with Crippen LogP contribution in [0.5, 0.6) is 0 Å². The maximum Gasteiger partial charge on any atom is 0.339 e. The van der Waals surface area contributed by atoms with Crippen LogP contribution in [0.3, 0.4) is 0 Å². The fraction of sp³-hybridized carbons (Fsp3) is 0.267. The van der Waals surface area contributed by atoms with Crippen molar-refractivity contribution in [2.45, 2.75) is 26.9 Å². The molecule has 0 N–H and O–H groups in total. The van der Waals surface area contributed by atoms with Crippen molar-refractivity contribution in [1.29, 1.82) is 0 Å². The van der Waals surface area contributed by atoms with Gasteiger partial charge in [0.25, 0.3) is 0 Å². The summed E-state index contributed by atoms with van der Waals surface area (Å²) in [5.41, 5.74) is 1.23. The quantitative estimate of drug-likeness (QED) is 0.808. The second-order valence-corrected chi connectivity index (χ2v) is 4.63. The molecule has 5 heteroatoms. The standard InChI is InChI=1S/C15H14FNO3/c1-8-6-13(15(19)20-10(3)9(2)18)12-5-4-11(16)7-14(12)17-8/h4-7,10H,1-3H3. The van der Waals surface area contributed by atoms with Crippen molar-refractivity contribution in [3.05, 3.63) is 41.3 Å². The maximum absolute atomic E-state index is 13.2. The highest BCUT2D eigenvalue weighted by atomic mass is 19.1. The molecule has 0 aliphatic carbocycles. The summed E-state index contributed by atoms with van der Waals surface area (Å²) in [6.45, 7) is 4.56. The van der Waals surface area contributed by atoms with Crippen LogP contribution in [0.25, 0.3) is 10.9 Å². The van der Waals surface area contributed by atoms with E-state index in [-0.39, 0.29) is 11.3 Å². The van der Waals surface area contributed by atoms with Gasteiger partial charge in [-0.15, -0.1) is 0 Å². The Balaban J connectivity index is 2.48. The first-order valence-electron chi connectivity index (χ1n) is 6.17. The van der Waals surface area contributed by atoms with Crippen LogP contribution in [0.15, 0.2) is 24.3 Å². The summed E-state index contributed by atoms with van der Waals surface area (Å²) in [6, 6.07) is 5.56. The van der Waals surface area contributed by atoms with E-state index >= 15 is 0 Å². The average molecular weight is 275 g/mol. The molecular formula is C15H14FNO3. The third-order valence-electron chi connectivity index (χ3n) is 2.98. The van der Waals surface area contributed by atoms with Gasteiger partial charge in [-0.05, 0) is 39.0 Å². The van der Waals surface area contributed by atoms with E-state index in [1.54, 1.807) is 13.0 Å². The minimum Gasteiger partial charge on any atom is -0.451 e. The van der Waals surface area contributed by atoms with Crippen molar-refractivity contribution >= 4 is 22.7 Å². The van der Waals surface area contributed by atoms with E-state index in [0.717, 1.165) is 0 Å². The third kappa shape index (κ3) is 2.82. The number of rotatable bonds is 3. The van der Waals surface area contributed by atoms with Gasteiger partial charge in [0.2, 0.25) is 0 Å². The third-order valence-corrected chi connectivity index (χ3v) is 2.98. The van der Waals surface area contributed by atoms with Crippen molar-refractivity contribution in [3.63, 3.8) is 0 Å². The lowest BCUT2D eigenvalue weighted by atomic mass is 10.1. The van der Waals surface area contributed by atoms with Gasteiger partial charge < -0.3 is 4.74 Å². The average Bonchev–Trinajstić information content (AvgIpc) is 2.36. The number of hydrogen-bond acceptors (Lipinski definition) is 4.